The van der Waals surface area contributed by atoms with E-state index in [4.69, 9.17) is 5.73 Å². The lowest BCUT2D eigenvalue weighted by atomic mass is 10.0. The summed E-state index contributed by atoms with van der Waals surface area (Å²) in [4.78, 5) is 0. The molecule has 0 saturated heterocycles. The fourth-order valence-corrected chi connectivity index (χ4v) is 3.33. The minimum absolute atomic E-state index is 0.0711. The van der Waals surface area contributed by atoms with Crippen LogP contribution in [0.1, 0.15) is 23.6 Å². The van der Waals surface area contributed by atoms with Crippen molar-refractivity contribution in [2.75, 3.05) is 0 Å². The predicted octanol–water partition coefficient (Wildman–Crippen LogP) is 4.91. The third kappa shape index (κ3) is 3.65. The minimum Gasteiger partial charge on any atom is -0.324 e. The number of nitrogens with two attached hydrogens (primary N) is 1. The average Bonchev–Trinajstić information content (AvgIpc) is 2.82. The van der Waals surface area contributed by atoms with Gasteiger partial charge in [0.25, 0.3) is 0 Å². The van der Waals surface area contributed by atoms with Crippen LogP contribution in [0, 0.1) is 0 Å². The second-order valence-corrected chi connectivity index (χ2v) is 6.49. The molecule has 4 heteroatoms. The molecule has 17 heavy (non-hydrogen) atoms. The number of rotatable bonds is 4. The third-order valence-corrected chi connectivity index (χ3v) is 4.63. The first-order valence-corrected chi connectivity index (χ1v) is 7.91. The largest absolute Gasteiger partial charge is 0.324 e. The molecule has 1 aromatic carbocycles. The van der Waals surface area contributed by atoms with Gasteiger partial charge in [0.05, 0.1) is 0 Å². The molecule has 0 fully saturated rings. The van der Waals surface area contributed by atoms with E-state index in [9.17, 15) is 0 Å². The Morgan fingerprint density at radius 1 is 1.24 bits per heavy atom. The molecule has 0 radical (unpaired) electrons. The van der Waals surface area contributed by atoms with Gasteiger partial charge in [-0.25, -0.2) is 0 Å². The molecule has 1 unspecified atom stereocenters. The quantitative estimate of drug-likeness (QED) is 0.808. The highest BCUT2D eigenvalue weighted by Gasteiger charge is 2.10. The van der Waals surface area contributed by atoms with E-state index in [1.165, 1.54) is 5.56 Å². The summed E-state index contributed by atoms with van der Waals surface area (Å²) in [7, 11) is 0. The van der Waals surface area contributed by atoms with Crippen LogP contribution in [0.2, 0.25) is 0 Å². The van der Waals surface area contributed by atoms with Gasteiger partial charge in [-0.2, -0.15) is 11.3 Å². The van der Waals surface area contributed by atoms with E-state index in [0.717, 1.165) is 27.4 Å². The van der Waals surface area contributed by atoms with Gasteiger partial charge in [-0.15, -0.1) is 0 Å². The number of halogens is 2. The van der Waals surface area contributed by atoms with Gasteiger partial charge in [0.2, 0.25) is 0 Å². The molecule has 1 atom stereocenters. The Hall–Kier alpha value is -0.160. The number of hydrogen-bond donors (Lipinski definition) is 1. The van der Waals surface area contributed by atoms with Gasteiger partial charge >= 0.3 is 0 Å². The fraction of sp³-hybridized carbons (Fsp3) is 0.231. The molecular formula is C13H13Br2NS. The second kappa shape index (κ2) is 6.14. The summed E-state index contributed by atoms with van der Waals surface area (Å²) >= 11 is 8.77. The Balaban J connectivity index is 2.04. The molecule has 0 spiro atoms. The molecule has 1 aromatic heterocycles. The van der Waals surface area contributed by atoms with Gasteiger partial charge < -0.3 is 5.73 Å². The van der Waals surface area contributed by atoms with Crippen LogP contribution >= 0.6 is 43.2 Å². The summed E-state index contributed by atoms with van der Waals surface area (Å²) in [6.07, 6.45) is 2.00. The van der Waals surface area contributed by atoms with Crippen LogP contribution < -0.4 is 5.73 Å². The molecule has 0 saturated carbocycles. The third-order valence-electron chi connectivity index (χ3n) is 2.68. The highest BCUT2D eigenvalue weighted by Crippen LogP contribution is 2.28. The van der Waals surface area contributed by atoms with Gasteiger partial charge in [0, 0.05) is 15.0 Å². The van der Waals surface area contributed by atoms with Crippen molar-refractivity contribution in [3.8, 4) is 0 Å². The summed E-state index contributed by atoms with van der Waals surface area (Å²) < 4.78 is 2.15. The molecule has 0 amide bonds. The van der Waals surface area contributed by atoms with Gasteiger partial charge in [0.15, 0.2) is 0 Å². The zero-order valence-electron chi connectivity index (χ0n) is 9.20. The Kier molecular flexibility index (Phi) is 4.79. The maximum atomic E-state index is 6.23. The van der Waals surface area contributed by atoms with Crippen molar-refractivity contribution in [2.45, 2.75) is 18.9 Å². The highest BCUT2D eigenvalue weighted by molar-refractivity contribution is 9.11. The van der Waals surface area contributed by atoms with E-state index in [1.54, 1.807) is 11.3 Å². The number of aryl methyl sites for hydroxylation is 1. The SMILES string of the molecule is NC(CCc1ccsc1)c1cc(Br)ccc1Br. The first kappa shape index (κ1) is 13.3. The van der Waals surface area contributed by atoms with Crippen molar-refractivity contribution >= 4 is 43.2 Å². The average molecular weight is 375 g/mol. The van der Waals surface area contributed by atoms with Crippen LogP contribution in [-0.2, 0) is 6.42 Å². The molecule has 1 nitrogen and oxygen atoms in total. The smallest absolute Gasteiger partial charge is 0.0309 e. The Labute approximate surface area is 122 Å². The molecule has 0 aliphatic heterocycles. The van der Waals surface area contributed by atoms with Gasteiger partial charge in [0.1, 0.15) is 0 Å². The van der Waals surface area contributed by atoms with Crippen LogP contribution in [0.5, 0.6) is 0 Å². The molecule has 0 aliphatic carbocycles. The van der Waals surface area contributed by atoms with Crippen molar-refractivity contribution in [1.82, 2.24) is 0 Å². The first-order chi connectivity index (χ1) is 8.16. The highest BCUT2D eigenvalue weighted by atomic mass is 79.9. The summed E-state index contributed by atoms with van der Waals surface area (Å²) in [6.45, 7) is 0. The van der Waals surface area contributed by atoms with E-state index in [2.05, 4.69) is 54.8 Å². The molecule has 2 rings (SSSR count). The zero-order valence-corrected chi connectivity index (χ0v) is 13.2. The molecule has 90 valence electrons. The summed E-state index contributed by atoms with van der Waals surface area (Å²) in [5.41, 5.74) is 8.77. The number of thiophene rings is 1. The maximum absolute atomic E-state index is 6.23. The van der Waals surface area contributed by atoms with E-state index < -0.39 is 0 Å². The van der Waals surface area contributed by atoms with Crippen LogP contribution in [0.4, 0.5) is 0 Å². The summed E-state index contributed by atoms with van der Waals surface area (Å²) in [5, 5.41) is 4.29. The van der Waals surface area contributed by atoms with Gasteiger partial charge in [-0.3, -0.25) is 0 Å². The zero-order chi connectivity index (χ0) is 12.3. The second-order valence-electron chi connectivity index (χ2n) is 3.94. The summed E-state index contributed by atoms with van der Waals surface area (Å²) in [5.74, 6) is 0. The van der Waals surface area contributed by atoms with Crippen LogP contribution in [0.3, 0.4) is 0 Å². The predicted molar refractivity (Wildman–Crippen MR) is 81.4 cm³/mol. The molecule has 0 bridgehead atoms. The van der Waals surface area contributed by atoms with Crippen LogP contribution in [0.15, 0.2) is 44.0 Å². The van der Waals surface area contributed by atoms with Gasteiger partial charge in [-0.05, 0) is 59.0 Å². The molecule has 1 heterocycles. The van der Waals surface area contributed by atoms with Gasteiger partial charge in [-0.1, -0.05) is 31.9 Å². The van der Waals surface area contributed by atoms with Crippen molar-refractivity contribution in [3.63, 3.8) is 0 Å². The lowest BCUT2D eigenvalue weighted by molar-refractivity contribution is 0.649. The Bertz CT molecular complexity index is 482. The normalized spacial score (nSPS) is 12.6. The molecule has 2 N–H and O–H groups in total. The Morgan fingerprint density at radius 2 is 2.06 bits per heavy atom. The molecular weight excluding hydrogens is 362 g/mol. The van der Waals surface area contributed by atoms with Crippen LogP contribution in [-0.4, -0.2) is 0 Å². The molecule has 2 aromatic rings. The number of benzene rings is 1. The first-order valence-electron chi connectivity index (χ1n) is 5.38. The minimum atomic E-state index is 0.0711. The Morgan fingerprint density at radius 3 is 2.76 bits per heavy atom. The monoisotopic (exact) mass is 373 g/mol. The van der Waals surface area contributed by atoms with Crippen molar-refractivity contribution in [2.24, 2.45) is 5.73 Å². The standard InChI is InChI=1S/C13H13Br2NS/c14-10-2-3-12(15)11(7-10)13(16)4-1-9-5-6-17-8-9/h2-3,5-8,13H,1,4,16H2. The van der Waals surface area contributed by atoms with Crippen molar-refractivity contribution in [3.05, 3.63) is 55.1 Å². The van der Waals surface area contributed by atoms with Crippen LogP contribution in [0.25, 0.3) is 0 Å². The topological polar surface area (TPSA) is 26.0 Å². The summed E-state index contributed by atoms with van der Waals surface area (Å²) in [6, 6.07) is 8.36. The maximum Gasteiger partial charge on any atom is 0.0309 e. The van der Waals surface area contributed by atoms with E-state index in [0.29, 0.717) is 0 Å². The van der Waals surface area contributed by atoms with Crippen molar-refractivity contribution < 1.29 is 0 Å². The lowest BCUT2D eigenvalue weighted by Gasteiger charge is -2.14. The van der Waals surface area contributed by atoms with Crippen molar-refractivity contribution in [1.29, 1.82) is 0 Å². The lowest BCUT2D eigenvalue weighted by Crippen LogP contribution is -2.11. The fourth-order valence-electron chi connectivity index (χ4n) is 1.71. The molecule has 0 aliphatic rings. The van der Waals surface area contributed by atoms with E-state index in [1.807, 2.05) is 12.1 Å². The number of hydrogen-bond acceptors (Lipinski definition) is 2. The van der Waals surface area contributed by atoms with E-state index in [-0.39, 0.29) is 6.04 Å². The van der Waals surface area contributed by atoms with E-state index >= 15 is 0 Å².